The molecule has 0 aliphatic carbocycles. The Balaban J connectivity index is 2.84. The Bertz CT molecular complexity index is 587. The zero-order chi connectivity index (χ0) is 17.1. The van der Waals surface area contributed by atoms with Crippen molar-refractivity contribution in [2.45, 2.75) is 5.75 Å². The molecule has 0 bridgehead atoms. The fourth-order valence-electron chi connectivity index (χ4n) is 1.68. The van der Waals surface area contributed by atoms with E-state index in [4.69, 9.17) is 9.47 Å². The lowest BCUT2D eigenvalue weighted by Gasteiger charge is -2.11. The zero-order valence-electron chi connectivity index (χ0n) is 13.0. The van der Waals surface area contributed by atoms with Crippen LogP contribution in [0.5, 0.6) is 0 Å². The molecular weight excluding hydrogens is 334 g/mol. The standard InChI is InChI=1S/C16H19NO4S2/c1-4-9-17-23-16(19)22-11-12-7-5-6-8-13(12)14(10-20-2)15(18)21-3/h4-8,10,17H,1,9,11H2,2-3H3/b14-10-. The number of esters is 1. The molecule has 5 nitrogen and oxygen atoms in total. The summed E-state index contributed by atoms with van der Waals surface area (Å²) in [6.07, 6.45) is 3.02. The van der Waals surface area contributed by atoms with Gasteiger partial charge in [-0.05, 0) is 11.1 Å². The zero-order valence-corrected chi connectivity index (χ0v) is 14.7. The van der Waals surface area contributed by atoms with Crippen LogP contribution < -0.4 is 4.72 Å². The average Bonchev–Trinajstić information content (AvgIpc) is 2.58. The van der Waals surface area contributed by atoms with Crippen LogP contribution in [0.25, 0.3) is 5.57 Å². The molecule has 0 aromatic heterocycles. The second kappa shape index (κ2) is 10.9. The van der Waals surface area contributed by atoms with Gasteiger partial charge in [0.05, 0.1) is 20.5 Å². The number of carbonyl (C=O) groups is 2. The van der Waals surface area contributed by atoms with Crippen LogP contribution in [-0.4, -0.2) is 31.2 Å². The van der Waals surface area contributed by atoms with Crippen molar-refractivity contribution in [3.63, 3.8) is 0 Å². The van der Waals surface area contributed by atoms with E-state index in [0.29, 0.717) is 23.4 Å². The van der Waals surface area contributed by atoms with E-state index >= 15 is 0 Å². The second-order valence-corrected chi connectivity index (χ2v) is 6.26. The lowest BCUT2D eigenvalue weighted by atomic mass is 10.0. The van der Waals surface area contributed by atoms with E-state index in [1.165, 1.54) is 20.5 Å². The normalized spacial score (nSPS) is 11.0. The molecule has 0 aliphatic heterocycles. The van der Waals surface area contributed by atoms with Crippen molar-refractivity contribution in [3.05, 3.63) is 54.3 Å². The summed E-state index contributed by atoms with van der Waals surface area (Å²) in [6.45, 7) is 4.12. The number of ether oxygens (including phenoxy) is 2. The number of carbonyl (C=O) groups excluding carboxylic acids is 2. The highest BCUT2D eigenvalue weighted by atomic mass is 32.2. The number of benzene rings is 1. The van der Waals surface area contributed by atoms with Crippen LogP contribution in [0, 0.1) is 0 Å². The number of hydrogen-bond acceptors (Lipinski definition) is 7. The highest BCUT2D eigenvalue weighted by Crippen LogP contribution is 2.26. The average molecular weight is 353 g/mol. The molecule has 0 aliphatic rings. The van der Waals surface area contributed by atoms with Crippen molar-refractivity contribution in [2.24, 2.45) is 0 Å². The van der Waals surface area contributed by atoms with Gasteiger partial charge >= 0.3 is 5.97 Å². The smallest absolute Gasteiger partial charge is 0.341 e. The van der Waals surface area contributed by atoms with Gasteiger partial charge in [0.1, 0.15) is 5.57 Å². The first kappa shape index (κ1) is 19.3. The van der Waals surface area contributed by atoms with Crippen LogP contribution in [0.3, 0.4) is 0 Å². The number of hydrogen-bond donors (Lipinski definition) is 1. The number of methoxy groups -OCH3 is 2. The summed E-state index contributed by atoms with van der Waals surface area (Å²) >= 11 is 2.18. The molecule has 23 heavy (non-hydrogen) atoms. The van der Waals surface area contributed by atoms with Gasteiger partial charge in [-0.25, -0.2) is 4.79 Å². The summed E-state index contributed by atoms with van der Waals surface area (Å²) in [5.41, 5.74) is 1.85. The molecule has 0 saturated heterocycles. The first-order valence-corrected chi connectivity index (χ1v) is 8.51. The van der Waals surface area contributed by atoms with Crippen LogP contribution in [0.15, 0.2) is 43.2 Å². The Labute approximate surface area is 144 Å². The minimum atomic E-state index is -0.488. The minimum absolute atomic E-state index is 0.0583. The minimum Gasteiger partial charge on any atom is -0.503 e. The third-order valence-corrected chi connectivity index (χ3v) is 4.45. The van der Waals surface area contributed by atoms with E-state index in [2.05, 4.69) is 11.3 Å². The van der Waals surface area contributed by atoms with Crippen molar-refractivity contribution < 1.29 is 19.1 Å². The Hall–Kier alpha value is -1.70. The van der Waals surface area contributed by atoms with Crippen LogP contribution >= 0.6 is 23.7 Å². The third-order valence-electron chi connectivity index (χ3n) is 2.68. The summed E-state index contributed by atoms with van der Waals surface area (Å²) < 4.78 is 12.6. The van der Waals surface area contributed by atoms with Gasteiger partial charge in [-0.3, -0.25) is 9.52 Å². The van der Waals surface area contributed by atoms with E-state index in [0.717, 1.165) is 29.3 Å². The fraction of sp³-hybridized carbons (Fsp3) is 0.250. The van der Waals surface area contributed by atoms with Gasteiger partial charge in [0.15, 0.2) is 0 Å². The SMILES string of the molecule is C=CCNSC(=O)SCc1ccccc1/C(=C/OC)C(=O)OC. The Morgan fingerprint density at radius 2 is 2.04 bits per heavy atom. The van der Waals surface area contributed by atoms with E-state index in [1.54, 1.807) is 12.1 Å². The lowest BCUT2D eigenvalue weighted by molar-refractivity contribution is -0.133. The molecule has 0 unspecified atom stereocenters. The molecule has 0 fully saturated rings. The first-order chi connectivity index (χ1) is 11.1. The van der Waals surface area contributed by atoms with Gasteiger partial charge in [-0.15, -0.1) is 6.58 Å². The second-order valence-electron chi connectivity index (χ2n) is 4.19. The quantitative estimate of drug-likeness (QED) is 0.191. The van der Waals surface area contributed by atoms with Crippen molar-refractivity contribution >= 4 is 39.7 Å². The third kappa shape index (κ3) is 6.52. The monoisotopic (exact) mass is 353 g/mol. The number of rotatable bonds is 8. The predicted molar refractivity (Wildman–Crippen MR) is 95.9 cm³/mol. The summed E-state index contributed by atoms with van der Waals surface area (Å²) in [5.74, 6) is -0.0480. The van der Waals surface area contributed by atoms with Gasteiger partial charge in [-0.1, -0.05) is 42.1 Å². The van der Waals surface area contributed by atoms with E-state index in [1.807, 2.05) is 18.2 Å². The van der Waals surface area contributed by atoms with Crippen LogP contribution in [0.2, 0.25) is 0 Å². The predicted octanol–water partition coefficient (Wildman–Crippen LogP) is 3.62. The topological polar surface area (TPSA) is 64.6 Å². The van der Waals surface area contributed by atoms with Gasteiger partial charge in [0.25, 0.3) is 4.45 Å². The Kier molecular flexibility index (Phi) is 9.20. The summed E-state index contributed by atoms with van der Waals surface area (Å²) in [4.78, 5) is 23.7. The van der Waals surface area contributed by atoms with Crippen molar-refractivity contribution in [1.82, 2.24) is 4.72 Å². The van der Waals surface area contributed by atoms with Crippen molar-refractivity contribution in [1.29, 1.82) is 0 Å². The molecule has 1 N–H and O–H groups in total. The first-order valence-electron chi connectivity index (χ1n) is 6.71. The van der Waals surface area contributed by atoms with Crippen LogP contribution in [0.1, 0.15) is 11.1 Å². The Morgan fingerprint density at radius 1 is 1.30 bits per heavy atom. The molecular formula is C16H19NO4S2. The maximum absolute atomic E-state index is 11.9. The number of nitrogens with one attached hydrogen (secondary N) is 1. The van der Waals surface area contributed by atoms with E-state index in [9.17, 15) is 9.59 Å². The molecule has 1 aromatic carbocycles. The number of thioether (sulfide) groups is 1. The maximum Gasteiger partial charge on any atom is 0.341 e. The molecule has 7 heteroatoms. The molecule has 0 saturated carbocycles. The van der Waals surface area contributed by atoms with Gasteiger partial charge < -0.3 is 9.47 Å². The van der Waals surface area contributed by atoms with Crippen molar-refractivity contribution in [2.75, 3.05) is 20.8 Å². The van der Waals surface area contributed by atoms with E-state index < -0.39 is 5.97 Å². The molecule has 0 spiro atoms. The Morgan fingerprint density at radius 3 is 2.70 bits per heavy atom. The molecule has 0 atom stereocenters. The van der Waals surface area contributed by atoms with Gasteiger partial charge in [-0.2, -0.15) is 0 Å². The lowest BCUT2D eigenvalue weighted by Crippen LogP contribution is -2.07. The summed E-state index contributed by atoms with van der Waals surface area (Å²) in [6, 6.07) is 7.34. The highest BCUT2D eigenvalue weighted by Gasteiger charge is 2.17. The van der Waals surface area contributed by atoms with E-state index in [-0.39, 0.29) is 4.45 Å². The molecule has 1 aromatic rings. The summed E-state index contributed by atoms with van der Waals surface area (Å²) in [5, 5.41) is 0. The summed E-state index contributed by atoms with van der Waals surface area (Å²) in [7, 11) is 2.78. The molecule has 0 radical (unpaired) electrons. The van der Waals surface area contributed by atoms with Gasteiger partial charge in [0, 0.05) is 24.2 Å². The molecule has 1 rings (SSSR count). The fourth-order valence-corrected chi connectivity index (χ4v) is 3.12. The van der Waals surface area contributed by atoms with Crippen LogP contribution in [-0.2, 0) is 20.0 Å². The maximum atomic E-state index is 11.9. The molecule has 124 valence electrons. The molecule has 0 heterocycles. The van der Waals surface area contributed by atoms with Gasteiger partial charge in [0.2, 0.25) is 0 Å². The largest absolute Gasteiger partial charge is 0.503 e. The highest BCUT2D eigenvalue weighted by molar-refractivity contribution is 8.37. The molecule has 0 amide bonds. The van der Waals surface area contributed by atoms with Crippen molar-refractivity contribution in [3.8, 4) is 0 Å². The van der Waals surface area contributed by atoms with Crippen LogP contribution in [0.4, 0.5) is 4.79 Å².